The third kappa shape index (κ3) is 3.89. The first-order valence-corrected chi connectivity index (χ1v) is 9.83. The highest BCUT2D eigenvalue weighted by Gasteiger charge is 2.27. The summed E-state index contributed by atoms with van der Waals surface area (Å²) in [6.07, 6.45) is 6.42. The molecule has 144 valence electrons. The summed E-state index contributed by atoms with van der Waals surface area (Å²) in [5.41, 5.74) is 1.69. The number of pyridine rings is 1. The van der Waals surface area contributed by atoms with Crippen molar-refractivity contribution < 1.29 is 4.92 Å². The Morgan fingerprint density at radius 1 is 1.11 bits per heavy atom. The van der Waals surface area contributed by atoms with Gasteiger partial charge < -0.3 is 15.1 Å². The summed E-state index contributed by atoms with van der Waals surface area (Å²) in [5, 5.41) is 15.5. The highest BCUT2D eigenvalue weighted by atomic mass is 16.6. The number of benzene rings is 1. The largest absolute Gasteiger partial charge is 0.380 e. The van der Waals surface area contributed by atoms with Gasteiger partial charge in [-0.1, -0.05) is 0 Å². The normalized spacial score (nSPS) is 20.8. The van der Waals surface area contributed by atoms with E-state index in [1.54, 1.807) is 30.5 Å². The SMILES string of the molecule is CN1CCC(N2CCC(Nc3ccc([N+](=O)[O-])c4cccnc34)CC2)CC1. The first-order chi connectivity index (χ1) is 13.1. The molecule has 0 aliphatic carbocycles. The van der Waals surface area contributed by atoms with Gasteiger partial charge in [-0.2, -0.15) is 0 Å². The van der Waals surface area contributed by atoms with E-state index in [-0.39, 0.29) is 10.6 Å². The van der Waals surface area contributed by atoms with Gasteiger partial charge in [0.1, 0.15) is 5.52 Å². The Labute approximate surface area is 159 Å². The minimum Gasteiger partial charge on any atom is -0.380 e. The van der Waals surface area contributed by atoms with Gasteiger partial charge in [0, 0.05) is 37.4 Å². The summed E-state index contributed by atoms with van der Waals surface area (Å²) in [7, 11) is 2.20. The molecule has 1 N–H and O–H groups in total. The van der Waals surface area contributed by atoms with Crippen molar-refractivity contribution in [1.82, 2.24) is 14.8 Å². The van der Waals surface area contributed by atoms with Crippen molar-refractivity contribution in [2.24, 2.45) is 0 Å². The molecule has 2 aliphatic rings. The van der Waals surface area contributed by atoms with E-state index in [4.69, 9.17) is 0 Å². The predicted octanol–water partition coefficient (Wildman–Crippen LogP) is 3.11. The first-order valence-electron chi connectivity index (χ1n) is 9.83. The molecule has 7 nitrogen and oxygen atoms in total. The van der Waals surface area contributed by atoms with E-state index in [1.807, 2.05) is 0 Å². The van der Waals surface area contributed by atoms with E-state index in [1.165, 1.54) is 25.9 Å². The number of nitro groups is 1. The number of hydrogen-bond donors (Lipinski definition) is 1. The molecular weight excluding hydrogens is 342 g/mol. The molecular formula is C20H27N5O2. The number of aromatic nitrogens is 1. The molecule has 2 aliphatic heterocycles. The second kappa shape index (κ2) is 7.78. The molecule has 2 aromatic rings. The third-order valence-corrected chi connectivity index (χ3v) is 6.04. The Morgan fingerprint density at radius 2 is 1.85 bits per heavy atom. The maximum atomic E-state index is 11.3. The Bertz CT molecular complexity index is 811. The van der Waals surface area contributed by atoms with Gasteiger partial charge in [0.25, 0.3) is 5.69 Å². The van der Waals surface area contributed by atoms with Crippen molar-refractivity contribution in [2.75, 3.05) is 38.5 Å². The number of non-ortho nitro benzene ring substituents is 1. The lowest BCUT2D eigenvalue weighted by atomic mass is 9.97. The topological polar surface area (TPSA) is 74.5 Å². The lowest BCUT2D eigenvalue weighted by molar-refractivity contribution is -0.383. The van der Waals surface area contributed by atoms with Crippen molar-refractivity contribution in [3.63, 3.8) is 0 Å². The summed E-state index contributed by atoms with van der Waals surface area (Å²) >= 11 is 0. The zero-order chi connectivity index (χ0) is 18.8. The molecule has 0 amide bonds. The lowest BCUT2D eigenvalue weighted by Gasteiger charge is -2.41. The van der Waals surface area contributed by atoms with Crippen LogP contribution in [0.1, 0.15) is 25.7 Å². The number of nitrogens with zero attached hydrogens (tertiary/aromatic N) is 4. The number of nitro benzene ring substituents is 1. The molecule has 0 atom stereocenters. The van der Waals surface area contributed by atoms with Crippen molar-refractivity contribution in [2.45, 2.75) is 37.8 Å². The number of fused-ring (bicyclic) bond motifs is 1. The molecule has 1 aromatic heterocycles. The van der Waals surface area contributed by atoms with Crippen LogP contribution >= 0.6 is 0 Å². The Balaban J connectivity index is 1.42. The molecule has 0 saturated carbocycles. The van der Waals surface area contributed by atoms with Gasteiger partial charge >= 0.3 is 0 Å². The Kier molecular flexibility index (Phi) is 5.22. The Hall–Kier alpha value is -2.25. The van der Waals surface area contributed by atoms with Crippen LogP contribution in [0.5, 0.6) is 0 Å². The van der Waals surface area contributed by atoms with Gasteiger partial charge in [-0.05, 0) is 64.0 Å². The van der Waals surface area contributed by atoms with E-state index in [2.05, 4.69) is 27.1 Å². The van der Waals surface area contributed by atoms with Crippen molar-refractivity contribution >= 4 is 22.3 Å². The third-order valence-electron chi connectivity index (χ3n) is 6.04. The van der Waals surface area contributed by atoms with Gasteiger partial charge in [-0.25, -0.2) is 0 Å². The van der Waals surface area contributed by atoms with Crippen LogP contribution in [-0.4, -0.2) is 65.0 Å². The monoisotopic (exact) mass is 369 g/mol. The zero-order valence-electron chi connectivity index (χ0n) is 15.8. The van der Waals surface area contributed by atoms with Crippen LogP contribution in [0.15, 0.2) is 30.5 Å². The standard InChI is InChI=1S/C20H27N5O2/c1-23-11-8-16(9-12-23)24-13-6-15(7-14-24)22-18-4-5-19(25(26)27)17-3-2-10-21-20(17)18/h2-5,10,15-16,22H,6-9,11-14H2,1H3. The van der Waals surface area contributed by atoms with E-state index >= 15 is 0 Å². The van der Waals surface area contributed by atoms with E-state index in [0.717, 1.165) is 37.7 Å². The number of hydrogen-bond acceptors (Lipinski definition) is 6. The van der Waals surface area contributed by atoms with Crippen LogP contribution in [0.25, 0.3) is 10.9 Å². The summed E-state index contributed by atoms with van der Waals surface area (Å²) in [4.78, 5) is 20.4. The van der Waals surface area contributed by atoms with Crippen molar-refractivity contribution in [3.05, 3.63) is 40.6 Å². The molecule has 7 heteroatoms. The van der Waals surface area contributed by atoms with Crippen LogP contribution < -0.4 is 5.32 Å². The second-order valence-electron chi connectivity index (χ2n) is 7.78. The fraction of sp³-hybridized carbons (Fsp3) is 0.550. The molecule has 1 aromatic carbocycles. The van der Waals surface area contributed by atoms with Gasteiger partial charge in [0.05, 0.1) is 16.0 Å². The van der Waals surface area contributed by atoms with E-state index in [9.17, 15) is 10.1 Å². The number of anilines is 1. The van der Waals surface area contributed by atoms with Gasteiger partial charge in [-0.3, -0.25) is 15.1 Å². The van der Waals surface area contributed by atoms with Crippen LogP contribution in [0, 0.1) is 10.1 Å². The summed E-state index contributed by atoms with van der Waals surface area (Å²) < 4.78 is 0. The van der Waals surface area contributed by atoms with E-state index in [0.29, 0.717) is 16.9 Å². The first kappa shape index (κ1) is 18.1. The molecule has 4 rings (SSSR count). The smallest absolute Gasteiger partial charge is 0.278 e. The quantitative estimate of drug-likeness (QED) is 0.659. The molecule has 0 spiro atoms. The molecule has 0 unspecified atom stereocenters. The summed E-state index contributed by atoms with van der Waals surface area (Å²) in [6, 6.07) is 8.02. The number of nitrogens with one attached hydrogen (secondary N) is 1. The molecule has 0 radical (unpaired) electrons. The minimum absolute atomic E-state index is 0.112. The Morgan fingerprint density at radius 3 is 2.56 bits per heavy atom. The second-order valence-corrected chi connectivity index (χ2v) is 7.78. The minimum atomic E-state index is -0.339. The lowest BCUT2D eigenvalue weighted by Crippen LogP contribution is -2.48. The number of piperidine rings is 2. The summed E-state index contributed by atoms with van der Waals surface area (Å²) in [5.74, 6) is 0. The molecule has 3 heterocycles. The predicted molar refractivity (Wildman–Crippen MR) is 107 cm³/mol. The number of rotatable bonds is 4. The maximum absolute atomic E-state index is 11.3. The summed E-state index contributed by atoms with van der Waals surface area (Å²) in [6.45, 7) is 4.63. The molecule has 27 heavy (non-hydrogen) atoms. The van der Waals surface area contributed by atoms with Gasteiger partial charge in [0.15, 0.2) is 0 Å². The van der Waals surface area contributed by atoms with E-state index < -0.39 is 0 Å². The maximum Gasteiger partial charge on any atom is 0.278 e. The van der Waals surface area contributed by atoms with Crippen LogP contribution in [0.4, 0.5) is 11.4 Å². The molecule has 0 bridgehead atoms. The fourth-order valence-electron chi connectivity index (χ4n) is 4.42. The zero-order valence-corrected chi connectivity index (χ0v) is 15.8. The van der Waals surface area contributed by atoms with Gasteiger partial charge in [0.2, 0.25) is 0 Å². The molecule has 2 saturated heterocycles. The average Bonchev–Trinajstić information content (AvgIpc) is 2.69. The highest BCUT2D eigenvalue weighted by Crippen LogP contribution is 2.31. The van der Waals surface area contributed by atoms with Gasteiger partial charge in [-0.15, -0.1) is 0 Å². The van der Waals surface area contributed by atoms with Crippen LogP contribution in [0.3, 0.4) is 0 Å². The van der Waals surface area contributed by atoms with Crippen molar-refractivity contribution in [3.8, 4) is 0 Å². The van der Waals surface area contributed by atoms with Crippen LogP contribution in [0.2, 0.25) is 0 Å². The van der Waals surface area contributed by atoms with Crippen LogP contribution in [-0.2, 0) is 0 Å². The molecule has 2 fully saturated rings. The fourth-order valence-corrected chi connectivity index (χ4v) is 4.42. The van der Waals surface area contributed by atoms with Crippen molar-refractivity contribution in [1.29, 1.82) is 0 Å². The average molecular weight is 369 g/mol. The highest BCUT2D eigenvalue weighted by molar-refractivity contribution is 5.96. The number of likely N-dealkylation sites (tertiary alicyclic amines) is 2.